The predicted octanol–water partition coefficient (Wildman–Crippen LogP) is 4.34. The van der Waals surface area contributed by atoms with Crippen molar-refractivity contribution in [2.24, 2.45) is 0 Å². The number of imidazole rings is 1. The fourth-order valence-electron chi connectivity index (χ4n) is 4.63. The first-order chi connectivity index (χ1) is 17.0. The van der Waals surface area contributed by atoms with Gasteiger partial charge in [0.15, 0.2) is 11.2 Å². The Morgan fingerprint density at radius 3 is 2.63 bits per heavy atom. The highest BCUT2D eigenvalue weighted by Gasteiger charge is 2.23. The Labute approximate surface area is 209 Å². The van der Waals surface area contributed by atoms with Crippen LogP contribution in [0.2, 0.25) is 0 Å². The predicted molar refractivity (Wildman–Crippen MR) is 142 cm³/mol. The monoisotopic (exact) mass is 497 g/mol. The largest absolute Gasteiger partial charge is 0.330 e. The number of unbranched alkanes of at least 4 members (excludes halogenated alkanes) is 3. The molecule has 0 atom stereocenters. The second-order valence-corrected chi connectivity index (χ2v) is 10.2. The van der Waals surface area contributed by atoms with Gasteiger partial charge in [-0.15, -0.1) is 11.8 Å². The number of carbonyl (C=O) groups excluding carboxylic acids is 1. The number of aryl methyl sites for hydroxylation is 3. The average molecular weight is 498 g/mol. The molecule has 188 valence electrons. The van der Waals surface area contributed by atoms with Crippen molar-refractivity contribution in [3.8, 4) is 0 Å². The summed E-state index contributed by atoms with van der Waals surface area (Å²) in [6.07, 6.45) is 6.43. The van der Waals surface area contributed by atoms with Crippen LogP contribution in [0.1, 0.15) is 64.6 Å². The van der Waals surface area contributed by atoms with Gasteiger partial charge >= 0.3 is 5.69 Å². The molecule has 3 aromatic rings. The average Bonchev–Trinajstić information content (AvgIpc) is 3.07. The van der Waals surface area contributed by atoms with E-state index < -0.39 is 11.2 Å². The van der Waals surface area contributed by atoms with Gasteiger partial charge in [0, 0.05) is 37.4 Å². The molecule has 0 bridgehead atoms. The number of nitrogens with one attached hydrogen (secondary N) is 1. The van der Waals surface area contributed by atoms with Crippen LogP contribution in [0.25, 0.3) is 11.2 Å². The van der Waals surface area contributed by atoms with Crippen molar-refractivity contribution in [3.63, 3.8) is 0 Å². The van der Waals surface area contributed by atoms with Gasteiger partial charge in [0.1, 0.15) is 5.82 Å². The van der Waals surface area contributed by atoms with Crippen LogP contribution >= 0.6 is 11.8 Å². The lowest BCUT2D eigenvalue weighted by atomic mass is 10.2. The number of para-hydroxylation sites is 1. The molecule has 0 aliphatic carbocycles. The molecular weight excluding hydrogens is 462 g/mol. The Bertz CT molecular complexity index is 1290. The lowest BCUT2D eigenvalue weighted by molar-refractivity contribution is -0.118. The van der Waals surface area contributed by atoms with Crippen molar-refractivity contribution in [3.05, 3.63) is 50.9 Å². The molecule has 35 heavy (non-hydrogen) atoms. The number of nitrogens with zero attached hydrogens (tertiary/aromatic N) is 4. The van der Waals surface area contributed by atoms with Crippen molar-refractivity contribution in [2.75, 3.05) is 17.2 Å². The smallest absolute Gasteiger partial charge is 0.322 e. The van der Waals surface area contributed by atoms with Crippen molar-refractivity contribution < 1.29 is 4.79 Å². The number of fused-ring (bicyclic) bond motifs is 2. The van der Waals surface area contributed by atoms with Gasteiger partial charge in [-0.2, -0.15) is 0 Å². The van der Waals surface area contributed by atoms with E-state index in [1.165, 1.54) is 0 Å². The first kappa shape index (κ1) is 25.3. The third-order valence-electron chi connectivity index (χ3n) is 6.49. The summed E-state index contributed by atoms with van der Waals surface area (Å²) < 4.78 is 3.51. The van der Waals surface area contributed by atoms with E-state index in [9.17, 15) is 14.4 Å². The third kappa shape index (κ3) is 5.55. The minimum Gasteiger partial charge on any atom is -0.322 e. The number of benzene rings is 1. The standard InChI is InChI=1S/C26H35N5O3S/c1-3-5-9-16-30-21(27-24-23(30)25(33)28-26(34)31(24)15-6-4-2)13-14-22(32)29-17-10-18-35-20-12-8-7-11-19(20)29/h7-8,11-12H,3-6,9-10,13-18H2,1-2H3,(H,28,33,34). The van der Waals surface area contributed by atoms with Crippen LogP contribution in [0, 0.1) is 0 Å². The maximum Gasteiger partial charge on any atom is 0.330 e. The van der Waals surface area contributed by atoms with E-state index in [4.69, 9.17) is 4.98 Å². The first-order valence-electron chi connectivity index (χ1n) is 12.8. The van der Waals surface area contributed by atoms with Gasteiger partial charge in [-0.05, 0) is 37.1 Å². The van der Waals surface area contributed by atoms with Crippen molar-refractivity contribution in [1.29, 1.82) is 0 Å². The molecule has 1 aromatic carbocycles. The van der Waals surface area contributed by atoms with E-state index in [2.05, 4.69) is 24.9 Å². The molecule has 3 heterocycles. The fraction of sp³-hybridized carbons (Fsp3) is 0.538. The molecule has 0 saturated heterocycles. The third-order valence-corrected chi connectivity index (χ3v) is 7.64. The maximum atomic E-state index is 13.4. The number of thioether (sulfide) groups is 1. The molecular formula is C26H35N5O3S. The molecule has 1 aliphatic heterocycles. The van der Waals surface area contributed by atoms with E-state index in [1.807, 2.05) is 27.7 Å². The van der Waals surface area contributed by atoms with Crippen molar-refractivity contribution in [1.82, 2.24) is 19.1 Å². The summed E-state index contributed by atoms with van der Waals surface area (Å²) >= 11 is 1.79. The fourth-order valence-corrected chi connectivity index (χ4v) is 5.63. The SMILES string of the molecule is CCCCCn1c(CCC(=O)N2CCCSc3ccccc32)nc2c1c(=O)[nH]c(=O)n2CCCC. The van der Waals surface area contributed by atoms with Gasteiger partial charge in [0.2, 0.25) is 5.91 Å². The van der Waals surface area contributed by atoms with Gasteiger partial charge in [0.05, 0.1) is 5.69 Å². The summed E-state index contributed by atoms with van der Waals surface area (Å²) in [4.78, 5) is 49.1. The Morgan fingerprint density at radius 1 is 1.06 bits per heavy atom. The molecule has 1 N–H and O–H groups in total. The second kappa shape index (κ2) is 11.7. The maximum absolute atomic E-state index is 13.4. The molecule has 1 amide bonds. The summed E-state index contributed by atoms with van der Waals surface area (Å²) in [6, 6.07) is 8.06. The molecule has 4 rings (SSSR count). The van der Waals surface area contributed by atoms with Gasteiger partial charge in [-0.1, -0.05) is 45.2 Å². The van der Waals surface area contributed by atoms with E-state index in [0.717, 1.165) is 54.9 Å². The zero-order valence-corrected chi connectivity index (χ0v) is 21.5. The number of amides is 1. The summed E-state index contributed by atoms with van der Waals surface area (Å²) in [6.45, 7) is 6.05. The van der Waals surface area contributed by atoms with E-state index in [1.54, 1.807) is 16.3 Å². The Morgan fingerprint density at radius 2 is 1.83 bits per heavy atom. The summed E-state index contributed by atoms with van der Waals surface area (Å²) in [5.74, 6) is 1.75. The minimum absolute atomic E-state index is 0.0596. The highest BCUT2D eigenvalue weighted by atomic mass is 32.2. The number of aromatic nitrogens is 4. The Hall–Kier alpha value is -2.81. The summed E-state index contributed by atoms with van der Waals surface area (Å²) in [7, 11) is 0. The quantitative estimate of drug-likeness (QED) is 0.421. The van der Waals surface area contributed by atoms with Crippen LogP contribution in [0.4, 0.5) is 5.69 Å². The lowest BCUT2D eigenvalue weighted by Gasteiger charge is -2.22. The molecule has 0 unspecified atom stereocenters. The first-order valence-corrected chi connectivity index (χ1v) is 13.8. The van der Waals surface area contributed by atoms with Crippen LogP contribution in [0.5, 0.6) is 0 Å². The van der Waals surface area contributed by atoms with E-state index in [-0.39, 0.29) is 5.91 Å². The molecule has 0 radical (unpaired) electrons. The molecule has 9 heteroatoms. The normalized spacial score (nSPS) is 13.7. The van der Waals surface area contributed by atoms with Crippen LogP contribution in [-0.4, -0.2) is 37.3 Å². The molecule has 0 saturated carbocycles. The van der Waals surface area contributed by atoms with Gasteiger partial charge in [0.25, 0.3) is 5.56 Å². The van der Waals surface area contributed by atoms with Gasteiger partial charge in [-0.25, -0.2) is 9.78 Å². The van der Waals surface area contributed by atoms with E-state index in [0.29, 0.717) is 49.5 Å². The van der Waals surface area contributed by atoms with Crippen LogP contribution in [0.3, 0.4) is 0 Å². The number of carbonyl (C=O) groups is 1. The summed E-state index contributed by atoms with van der Waals surface area (Å²) in [5.41, 5.74) is 1.02. The zero-order valence-electron chi connectivity index (χ0n) is 20.7. The molecule has 0 fully saturated rings. The molecule has 1 aliphatic rings. The van der Waals surface area contributed by atoms with E-state index >= 15 is 0 Å². The highest BCUT2D eigenvalue weighted by molar-refractivity contribution is 7.99. The van der Waals surface area contributed by atoms with Crippen LogP contribution < -0.4 is 16.1 Å². The number of rotatable bonds is 10. The van der Waals surface area contributed by atoms with Gasteiger partial charge in [-0.3, -0.25) is 19.1 Å². The number of hydrogen-bond acceptors (Lipinski definition) is 5. The molecule has 8 nitrogen and oxygen atoms in total. The highest BCUT2D eigenvalue weighted by Crippen LogP contribution is 2.34. The lowest BCUT2D eigenvalue weighted by Crippen LogP contribution is -2.32. The Balaban J connectivity index is 1.65. The minimum atomic E-state index is -0.421. The van der Waals surface area contributed by atoms with Crippen molar-refractivity contribution >= 4 is 34.5 Å². The zero-order chi connectivity index (χ0) is 24.8. The second-order valence-electron chi connectivity index (χ2n) is 9.04. The topological polar surface area (TPSA) is 93.0 Å². The van der Waals surface area contributed by atoms with Crippen LogP contribution in [-0.2, 0) is 24.3 Å². The number of H-pyrrole nitrogens is 1. The molecule has 0 spiro atoms. The summed E-state index contributed by atoms with van der Waals surface area (Å²) in [5, 5.41) is 0. The number of anilines is 1. The number of hydrogen-bond donors (Lipinski definition) is 1. The number of aromatic amines is 1. The molecule has 2 aromatic heterocycles. The van der Waals surface area contributed by atoms with Gasteiger partial charge < -0.3 is 9.47 Å². The van der Waals surface area contributed by atoms with Crippen molar-refractivity contribution in [2.45, 2.75) is 83.2 Å². The van der Waals surface area contributed by atoms with Crippen LogP contribution in [0.15, 0.2) is 38.8 Å². The Kier molecular flexibility index (Phi) is 8.49.